The summed E-state index contributed by atoms with van der Waals surface area (Å²) in [5.41, 5.74) is 10.4. The van der Waals surface area contributed by atoms with Crippen molar-refractivity contribution >= 4 is 53.6 Å². The number of hydrogen-bond donors (Lipinski definition) is 0. The maximum absolute atomic E-state index is 6.46. The van der Waals surface area contributed by atoms with E-state index in [0.717, 1.165) is 82.2 Å². The van der Waals surface area contributed by atoms with Crippen LogP contribution in [-0.4, -0.2) is 24.9 Å². The molecule has 0 saturated heterocycles. The molecule has 262 valence electrons. The van der Waals surface area contributed by atoms with E-state index in [1.54, 1.807) is 11.3 Å². The molecule has 0 N–H and O–H groups in total. The Kier molecular flexibility index (Phi) is 7.57. The Morgan fingerprint density at radius 3 is 1.62 bits per heavy atom. The Hall–Kier alpha value is -7.35. The highest BCUT2D eigenvalue weighted by Gasteiger charge is 2.18. The van der Waals surface area contributed by atoms with Crippen LogP contribution in [0.2, 0.25) is 0 Å². The molecule has 56 heavy (non-hydrogen) atoms. The van der Waals surface area contributed by atoms with Gasteiger partial charge in [-0.3, -0.25) is 0 Å². The van der Waals surface area contributed by atoms with Crippen molar-refractivity contribution in [2.24, 2.45) is 0 Å². The van der Waals surface area contributed by atoms with Gasteiger partial charge in [0.05, 0.1) is 15.9 Å². The van der Waals surface area contributed by atoms with Crippen molar-refractivity contribution in [3.63, 3.8) is 0 Å². The van der Waals surface area contributed by atoms with Crippen molar-refractivity contribution in [1.29, 1.82) is 0 Å². The van der Waals surface area contributed by atoms with Gasteiger partial charge in [0.15, 0.2) is 23.3 Å². The summed E-state index contributed by atoms with van der Waals surface area (Å²) in [7, 11) is 0. The summed E-state index contributed by atoms with van der Waals surface area (Å²) in [4.78, 5) is 25.1. The minimum absolute atomic E-state index is 0.587. The lowest BCUT2D eigenvalue weighted by Crippen LogP contribution is -2.00. The number of furan rings is 1. The fourth-order valence-corrected chi connectivity index (χ4v) is 8.54. The zero-order valence-corrected chi connectivity index (χ0v) is 30.6. The molecule has 0 radical (unpaired) electrons. The van der Waals surface area contributed by atoms with Crippen molar-refractivity contribution in [3.8, 4) is 67.9 Å². The third kappa shape index (κ3) is 5.61. The fraction of sp³-hybridized carbons (Fsp3) is 0. The van der Waals surface area contributed by atoms with E-state index in [1.165, 1.54) is 4.70 Å². The third-order valence-corrected chi connectivity index (χ3v) is 11.3. The highest BCUT2D eigenvalue weighted by Crippen LogP contribution is 2.40. The van der Waals surface area contributed by atoms with E-state index in [2.05, 4.69) is 103 Å². The molecule has 0 atom stereocenters. The lowest BCUT2D eigenvalue weighted by atomic mass is 10.00. The molecule has 0 aliphatic heterocycles. The van der Waals surface area contributed by atoms with Gasteiger partial charge in [-0.05, 0) is 47.5 Å². The molecule has 6 nitrogen and oxygen atoms in total. The van der Waals surface area contributed by atoms with Crippen molar-refractivity contribution in [2.75, 3.05) is 0 Å². The van der Waals surface area contributed by atoms with Crippen LogP contribution in [0.4, 0.5) is 0 Å². The molecule has 0 amide bonds. The van der Waals surface area contributed by atoms with E-state index in [1.807, 2.05) is 72.8 Å². The number of hydrogen-bond acceptors (Lipinski definition) is 7. The predicted octanol–water partition coefficient (Wildman–Crippen LogP) is 12.9. The van der Waals surface area contributed by atoms with E-state index in [4.69, 9.17) is 29.3 Å². The van der Waals surface area contributed by atoms with Gasteiger partial charge in [-0.15, -0.1) is 11.3 Å². The lowest BCUT2D eigenvalue weighted by molar-refractivity contribution is 0.669. The molecule has 11 rings (SSSR count). The molecular formula is C49H29N5OS. The first-order valence-electron chi connectivity index (χ1n) is 18.4. The quantitative estimate of drug-likeness (QED) is 0.169. The van der Waals surface area contributed by atoms with Gasteiger partial charge in [0.2, 0.25) is 0 Å². The second-order valence-electron chi connectivity index (χ2n) is 13.7. The molecule has 0 bridgehead atoms. The summed E-state index contributed by atoms with van der Waals surface area (Å²) in [5, 5.41) is 3.20. The monoisotopic (exact) mass is 735 g/mol. The maximum Gasteiger partial charge on any atom is 0.164 e. The molecule has 0 fully saturated rings. The smallest absolute Gasteiger partial charge is 0.164 e. The summed E-state index contributed by atoms with van der Waals surface area (Å²) in [6, 6.07) is 59.9. The Bertz CT molecular complexity index is 3190. The molecule has 4 aromatic heterocycles. The minimum Gasteiger partial charge on any atom is -0.456 e. The third-order valence-electron chi connectivity index (χ3n) is 10.1. The number of fused-ring (bicyclic) bond motifs is 6. The SMILES string of the molecule is c1ccc(-c2nc(-c3ccccc3)nc(-c3ccc4c(c3)oc3ccc(-c5cccc(-c6nc(-c7ccccc7)c7sc8ccccc8c7n6)c5)cc34)n2)cc1. The van der Waals surface area contributed by atoms with E-state index in [-0.39, 0.29) is 0 Å². The van der Waals surface area contributed by atoms with Crippen LogP contribution in [0.25, 0.3) is 110 Å². The molecule has 4 heterocycles. The number of nitrogens with zero attached hydrogens (tertiary/aromatic N) is 5. The van der Waals surface area contributed by atoms with Crippen LogP contribution in [0, 0.1) is 0 Å². The van der Waals surface area contributed by atoms with E-state index in [9.17, 15) is 0 Å². The topological polar surface area (TPSA) is 77.6 Å². The zero-order chi connectivity index (χ0) is 37.0. The molecular weight excluding hydrogens is 707 g/mol. The molecule has 0 aliphatic carbocycles. The van der Waals surface area contributed by atoms with Gasteiger partial charge in [-0.1, -0.05) is 140 Å². The van der Waals surface area contributed by atoms with Crippen LogP contribution in [0.1, 0.15) is 0 Å². The van der Waals surface area contributed by atoms with E-state index < -0.39 is 0 Å². The first kappa shape index (κ1) is 32.1. The van der Waals surface area contributed by atoms with Crippen molar-refractivity contribution in [3.05, 3.63) is 176 Å². The molecule has 7 aromatic carbocycles. The Labute approximate surface area is 325 Å². The fourth-order valence-electron chi connectivity index (χ4n) is 7.38. The number of aromatic nitrogens is 5. The predicted molar refractivity (Wildman–Crippen MR) is 228 cm³/mol. The summed E-state index contributed by atoms with van der Waals surface area (Å²) >= 11 is 1.74. The molecule has 0 unspecified atom stereocenters. The minimum atomic E-state index is 0.587. The highest BCUT2D eigenvalue weighted by atomic mass is 32.1. The Balaban J connectivity index is 0.991. The van der Waals surface area contributed by atoms with Gasteiger partial charge in [0, 0.05) is 48.7 Å². The highest BCUT2D eigenvalue weighted by molar-refractivity contribution is 7.26. The van der Waals surface area contributed by atoms with Crippen molar-refractivity contribution in [1.82, 2.24) is 24.9 Å². The average Bonchev–Trinajstić information content (AvgIpc) is 3.84. The van der Waals surface area contributed by atoms with Crippen LogP contribution in [0.5, 0.6) is 0 Å². The molecule has 0 aliphatic rings. The van der Waals surface area contributed by atoms with Crippen LogP contribution in [-0.2, 0) is 0 Å². The second-order valence-corrected chi connectivity index (χ2v) is 14.7. The van der Waals surface area contributed by atoms with Crippen molar-refractivity contribution < 1.29 is 4.42 Å². The number of rotatable bonds is 6. The number of benzene rings is 7. The van der Waals surface area contributed by atoms with E-state index >= 15 is 0 Å². The lowest BCUT2D eigenvalue weighted by Gasteiger charge is -2.09. The number of thiophene rings is 1. The largest absolute Gasteiger partial charge is 0.456 e. The Morgan fingerprint density at radius 1 is 0.339 bits per heavy atom. The summed E-state index contributed by atoms with van der Waals surface area (Å²) in [5.74, 6) is 2.53. The van der Waals surface area contributed by atoms with E-state index in [0.29, 0.717) is 23.3 Å². The maximum atomic E-state index is 6.46. The molecule has 0 spiro atoms. The van der Waals surface area contributed by atoms with Crippen LogP contribution in [0.3, 0.4) is 0 Å². The summed E-state index contributed by atoms with van der Waals surface area (Å²) < 4.78 is 8.76. The van der Waals surface area contributed by atoms with Crippen molar-refractivity contribution in [2.45, 2.75) is 0 Å². The summed E-state index contributed by atoms with van der Waals surface area (Å²) in [6.45, 7) is 0. The average molecular weight is 736 g/mol. The molecule has 11 aromatic rings. The zero-order valence-electron chi connectivity index (χ0n) is 29.8. The van der Waals surface area contributed by atoms with Gasteiger partial charge in [0.1, 0.15) is 11.2 Å². The Morgan fingerprint density at radius 2 is 0.893 bits per heavy atom. The molecule has 0 saturated carbocycles. The first-order valence-corrected chi connectivity index (χ1v) is 19.2. The standard InChI is InChI=1S/C49H29N5OS/c1-4-13-30(14-5-1)43-45-44(38-21-10-11-22-42(38)56-45)51-48(50-43)35-20-12-19-33(27-35)34-24-26-40-39(28-34)37-25-23-36(29-41(37)55-40)49-53-46(31-15-6-2-7-16-31)52-47(54-49)32-17-8-3-9-18-32/h1-29H. The van der Waals surface area contributed by atoms with Gasteiger partial charge in [-0.25, -0.2) is 24.9 Å². The van der Waals surface area contributed by atoms with Crippen LogP contribution in [0.15, 0.2) is 180 Å². The van der Waals surface area contributed by atoms with Gasteiger partial charge < -0.3 is 4.42 Å². The summed E-state index contributed by atoms with van der Waals surface area (Å²) in [6.07, 6.45) is 0. The van der Waals surface area contributed by atoms with Crippen LogP contribution >= 0.6 is 11.3 Å². The van der Waals surface area contributed by atoms with Gasteiger partial charge in [0.25, 0.3) is 0 Å². The van der Waals surface area contributed by atoms with Gasteiger partial charge in [-0.2, -0.15) is 0 Å². The normalized spacial score (nSPS) is 11.6. The van der Waals surface area contributed by atoms with Gasteiger partial charge >= 0.3 is 0 Å². The van der Waals surface area contributed by atoms with Crippen LogP contribution < -0.4 is 0 Å². The second kappa shape index (κ2) is 13.2. The first-order chi connectivity index (χ1) is 27.7. The molecule has 7 heteroatoms.